The highest BCUT2D eigenvalue weighted by Crippen LogP contribution is 2.36. The largest absolute Gasteiger partial charge is 0.467 e. The van der Waals surface area contributed by atoms with Gasteiger partial charge in [0, 0.05) is 6.42 Å². The Kier molecular flexibility index (Phi) is 6.29. The number of hydrogen-bond donors (Lipinski definition) is 0. The number of carbonyl (C=O) groups excluding carboxylic acids is 2. The number of nitrogens with zero attached hydrogens (tertiary/aromatic N) is 1. The molecule has 0 spiro atoms. The number of likely N-dealkylation sites (tertiary alicyclic amines) is 1. The maximum atomic E-state index is 12.7. The van der Waals surface area contributed by atoms with E-state index >= 15 is 0 Å². The third kappa shape index (κ3) is 4.55. The molecule has 0 saturated carbocycles. The van der Waals surface area contributed by atoms with Crippen molar-refractivity contribution in [1.82, 2.24) is 4.90 Å². The van der Waals surface area contributed by atoms with Gasteiger partial charge in [-0.1, -0.05) is 37.3 Å². The molecule has 6 nitrogen and oxygen atoms in total. The van der Waals surface area contributed by atoms with Gasteiger partial charge in [0.15, 0.2) is 0 Å². The fraction of sp³-hybridized carbons (Fsp3) is 0.600. The maximum absolute atomic E-state index is 12.7. The van der Waals surface area contributed by atoms with Crippen LogP contribution in [0.5, 0.6) is 0 Å². The number of amides is 1. The molecule has 1 fully saturated rings. The topological polar surface area (TPSA) is 65.1 Å². The Morgan fingerprint density at radius 3 is 2.42 bits per heavy atom. The standard InChI is InChI=1S/C20H29NO5/c1-6-20(17(22)24-5)12-16(25-14-15-10-8-7-9-11-15)13-21(20)18(23)26-19(2,3)4/h7-11,16H,6,12-14H2,1-5H3. The van der Waals surface area contributed by atoms with Crippen LogP contribution in [0.25, 0.3) is 0 Å². The highest BCUT2D eigenvalue weighted by molar-refractivity contribution is 5.86. The van der Waals surface area contributed by atoms with Gasteiger partial charge in [-0.3, -0.25) is 4.90 Å². The molecular formula is C20H29NO5. The Balaban J connectivity index is 2.17. The zero-order chi connectivity index (χ0) is 19.4. The second-order valence-corrected chi connectivity index (χ2v) is 7.59. The first kappa shape index (κ1) is 20.2. The lowest BCUT2D eigenvalue weighted by Crippen LogP contribution is -2.54. The summed E-state index contributed by atoms with van der Waals surface area (Å²) in [4.78, 5) is 26.7. The van der Waals surface area contributed by atoms with E-state index in [1.165, 1.54) is 12.0 Å². The van der Waals surface area contributed by atoms with Gasteiger partial charge in [-0.25, -0.2) is 9.59 Å². The summed E-state index contributed by atoms with van der Waals surface area (Å²) in [6, 6.07) is 9.81. The fourth-order valence-electron chi connectivity index (χ4n) is 3.26. The summed E-state index contributed by atoms with van der Waals surface area (Å²) < 4.78 is 16.5. The third-order valence-corrected chi connectivity index (χ3v) is 4.56. The van der Waals surface area contributed by atoms with Gasteiger partial charge < -0.3 is 14.2 Å². The number of carbonyl (C=O) groups is 2. The van der Waals surface area contributed by atoms with Crippen LogP contribution >= 0.6 is 0 Å². The Morgan fingerprint density at radius 1 is 1.23 bits per heavy atom. The molecule has 2 atom stereocenters. The van der Waals surface area contributed by atoms with E-state index in [1.54, 1.807) is 20.8 Å². The van der Waals surface area contributed by atoms with E-state index in [0.29, 0.717) is 26.0 Å². The molecule has 1 aliphatic rings. The van der Waals surface area contributed by atoms with Crippen LogP contribution in [-0.4, -0.2) is 47.9 Å². The number of benzene rings is 1. The van der Waals surface area contributed by atoms with E-state index in [2.05, 4.69) is 0 Å². The highest BCUT2D eigenvalue weighted by atomic mass is 16.6. The summed E-state index contributed by atoms with van der Waals surface area (Å²) in [5.41, 5.74) is -0.655. The van der Waals surface area contributed by atoms with Crippen molar-refractivity contribution in [2.45, 2.75) is 64.4 Å². The molecule has 2 unspecified atom stereocenters. The number of hydrogen-bond acceptors (Lipinski definition) is 5. The van der Waals surface area contributed by atoms with Crippen molar-refractivity contribution < 1.29 is 23.8 Å². The molecule has 0 aromatic heterocycles. The van der Waals surface area contributed by atoms with Crippen molar-refractivity contribution >= 4 is 12.1 Å². The Morgan fingerprint density at radius 2 is 1.88 bits per heavy atom. The van der Waals surface area contributed by atoms with Gasteiger partial charge in [0.05, 0.1) is 26.4 Å². The fourth-order valence-corrected chi connectivity index (χ4v) is 3.26. The molecule has 0 bridgehead atoms. The minimum absolute atomic E-state index is 0.262. The maximum Gasteiger partial charge on any atom is 0.411 e. The molecule has 1 aromatic rings. The zero-order valence-electron chi connectivity index (χ0n) is 16.3. The number of esters is 1. The van der Waals surface area contributed by atoms with Crippen LogP contribution in [0, 0.1) is 0 Å². The summed E-state index contributed by atoms with van der Waals surface area (Å²) in [6.45, 7) is 8.00. The van der Waals surface area contributed by atoms with Gasteiger partial charge in [-0.2, -0.15) is 0 Å². The van der Waals surface area contributed by atoms with Crippen molar-refractivity contribution in [3.8, 4) is 0 Å². The monoisotopic (exact) mass is 363 g/mol. The minimum Gasteiger partial charge on any atom is -0.467 e. The first-order valence-corrected chi connectivity index (χ1v) is 8.96. The average Bonchev–Trinajstić information content (AvgIpc) is 2.99. The van der Waals surface area contributed by atoms with Crippen LogP contribution in [0.15, 0.2) is 30.3 Å². The van der Waals surface area contributed by atoms with Crippen molar-refractivity contribution in [1.29, 1.82) is 0 Å². The Bertz CT molecular complexity index is 625. The smallest absolute Gasteiger partial charge is 0.411 e. The SMILES string of the molecule is CCC1(C(=O)OC)CC(OCc2ccccc2)CN1C(=O)OC(C)(C)C. The molecule has 2 rings (SSSR count). The molecule has 144 valence electrons. The average molecular weight is 363 g/mol. The molecule has 0 radical (unpaired) electrons. The van der Waals surface area contributed by atoms with Gasteiger partial charge in [0.2, 0.25) is 0 Å². The second-order valence-electron chi connectivity index (χ2n) is 7.59. The summed E-state index contributed by atoms with van der Waals surface area (Å²) in [7, 11) is 1.34. The molecule has 1 heterocycles. The molecule has 1 aliphatic heterocycles. The van der Waals surface area contributed by atoms with Gasteiger partial charge in [-0.15, -0.1) is 0 Å². The normalized spacial score (nSPS) is 23.0. The van der Waals surface area contributed by atoms with E-state index in [0.717, 1.165) is 5.56 Å². The van der Waals surface area contributed by atoms with Gasteiger partial charge in [-0.05, 0) is 32.8 Å². The highest BCUT2D eigenvalue weighted by Gasteiger charge is 2.54. The van der Waals surface area contributed by atoms with Gasteiger partial charge in [0.1, 0.15) is 11.1 Å². The van der Waals surface area contributed by atoms with E-state index in [4.69, 9.17) is 14.2 Å². The number of ether oxygens (including phenoxy) is 3. The molecular weight excluding hydrogens is 334 g/mol. The first-order valence-electron chi connectivity index (χ1n) is 8.96. The minimum atomic E-state index is -1.06. The van der Waals surface area contributed by atoms with Crippen molar-refractivity contribution in [3.63, 3.8) is 0 Å². The predicted molar refractivity (Wildman–Crippen MR) is 97.6 cm³/mol. The van der Waals surface area contributed by atoms with Crippen molar-refractivity contribution in [3.05, 3.63) is 35.9 Å². The lowest BCUT2D eigenvalue weighted by molar-refractivity contribution is -0.153. The van der Waals surface area contributed by atoms with Crippen LogP contribution in [0.3, 0.4) is 0 Å². The van der Waals surface area contributed by atoms with E-state index < -0.39 is 23.2 Å². The van der Waals surface area contributed by atoms with Crippen molar-refractivity contribution in [2.75, 3.05) is 13.7 Å². The van der Waals surface area contributed by atoms with Gasteiger partial charge >= 0.3 is 12.1 Å². The molecule has 6 heteroatoms. The molecule has 1 amide bonds. The van der Waals surface area contributed by atoms with Crippen molar-refractivity contribution in [2.24, 2.45) is 0 Å². The molecule has 1 aromatic carbocycles. The molecule has 1 saturated heterocycles. The molecule has 0 N–H and O–H groups in total. The van der Waals surface area contributed by atoms with Crippen LogP contribution in [0.4, 0.5) is 4.79 Å². The summed E-state index contributed by atoms with van der Waals surface area (Å²) in [5.74, 6) is -0.434. The van der Waals surface area contributed by atoms with E-state index in [1.807, 2.05) is 37.3 Å². The molecule has 26 heavy (non-hydrogen) atoms. The van der Waals surface area contributed by atoms with Crippen LogP contribution in [0.1, 0.15) is 46.1 Å². The Hall–Kier alpha value is -2.08. The van der Waals surface area contributed by atoms with E-state index in [9.17, 15) is 9.59 Å². The summed E-state index contributed by atoms with van der Waals surface area (Å²) in [6.07, 6.45) is 0.0455. The third-order valence-electron chi connectivity index (χ3n) is 4.56. The Labute approximate surface area is 155 Å². The quantitative estimate of drug-likeness (QED) is 0.749. The summed E-state index contributed by atoms with van der Waals surface area (Å²) in [5, 5.41) is 0. The first-order chi connectivity index (χ1) is 12.2. The second kappa shape index (κ2) is 8.08. The zero-order valence-corrected chi connectivity index (χ0v) is 16.3. The van der Waals surface area contributed by atoms with Gasteiger partial charge in [0.25, 0.3) is 0 Å². The number of methoxy groups -OCH3 is 1. The number of rotatable bonds is 5. The summed E-state index contributed by atoms with van der Waals surface area (Å²) >= 11 is 0. The lowest BCUT2D eigenvalue weighted by atomic mass is 9.92. The van der Waals surface area contributed by atoms with Crippen LogP contribution < -0.4 is 0 Å². The van der Waals surface area contributed by atoms with Crippen LogP contribution in [0.2, 0.25) is 0 Å². The lowest BCUT2D eigenvalue weighted by Gasteiger charge is -2.35. The van der Waals surface area contributed by atoms with E-state index in [-0.39, 0.29) is 6.10 Å². The van der Waals surface area contributed by atoms with Crippen LogP contribution in [-0.2, 0) is 25.6 Å². The molecule has 0 aliphatic carbocycles. The predicted octanol–water partition coefficient (Wildman–Crippen LogP) is 3.53.